The summed E-state index contributed by atoms with van der Waals surface area (Å²) in [6.45, 7) is 4.57. The van der Waals surface area contributed by atoms with Crippen molar-refractivity contribution in [3.05, 3.63) is 46.4 Å². The van der Waals surface area contributed by atoms with Gasteiger partial charge < -0.3 is 19.9 Å². The number of aromatic nitrogens is 2. The van der Waals surface area contributed by atoms with Gasteiger partial charge in [0.15, 0.2) is 0 Å². The molecule has 1 aliphatic heterocycles. The molecule has 0 N–H and O–H groups in total. The predicted octanol–water partition coefficient (Wildman–Crippen LogP) is 2.36. The SMILES string of the molecule is Cc1nc([N+](=O)[O-])cn1CC(=O)N1c2ccccc2N(C)CC[C@@H]1C. The van der Waals surface area contributed by atoms with Gasteiger partial charge in [0.25, 0.3) is 0 Å². The van der Waals surface area contributed by atoms with Crippen molar-refractivity contribution in [2.24, 2.45) is 0 Å². The highest BCUT2D eigenvalue weighted by molar-refractivity contribution is 5.97. The zero-order valence-electron chi connectivity index (χ0n) is 14.5. The molecular weight excluding hydrogens is 322 g/mol. The minimum atomic E-state index is -0.549. The molecule has 8 nitrogen and oxygen atoms in total. The molecule has 0 radical (unpaired) electrons. The molecule has 0 bridgehead atoms. The largest absolute Gasteiger partial charge is 0.381 e. The maximum Gasteiger partial charge on any atom is 0.381 e. The number of fused-ring (bicyclic) bond motifs is 1. The highest BCUT2D eigenvalue weighted by atomic mass is 16.6. The molecule has 0 saturated carbocycles. The number of aryl methyl sites for hydroxylation is 1. The van der Waals surface area contributed by atoms with E-state index < -0.39 is 4.92 Å². The van der Waals surface area contributed by atoms with Crippen LogP contribution in [-0.4, -0.2) is 40.0 Å². The Morgan fingerprint density at radius 3 is 2.68 bits per heavy atom. The highest BCUT2D eigenvalue weighted by Gasteiger charge is 2.29. The van der Waals surface area contributed by atoms with Crippen LogP contribution in [0.15, 0.2) is 30.5 Å². The first-order chi connectivity index (χ1) is 11.9. The van der Waals surface area contributed by atoms with Crippen molar-refractivity contribution in [3.63, 3.8) is 0 Å². The van der Waals surface area contributed by atoms with E-state index in [1.54, 1.807) is 11.8 Å². The summed E-state index contributed by atoms with van der Waals surface area (Å²) in [5.74, 6) is 0.105. The van der Waals surface area contributed by atoms with E-state index in [0.29, 0.717) is 5.82 Å². The van der Waals surface area contributed by atoms with Crippen molar-refractivity contribution < 1.29 is 9.72 Å². The Balaban J connectivity index is 1.93. The van der Waals surface area contributed by atoms with Crippen LogP contribution < -0.4 is 9.80 Å². The van der Waals surface area contributed by atoms with Gasteiger partial charge in [-0.15, -0.1) is 0 Å². The van der Waals surface area contributed by atoms with Gasteiger partial charge in [0, 0.05) is 26.6 Å². The van der Waals surface area contributed by atoms with Gasteiger partial charge in [0.05, 0.1) is 11.4 Å². The molecule has 25 heavy (non-hydrogen) atoms. The lowest BCUT2D eigenvalue weighted by Gasteiger charge is -2.28. The number of nitro groups is 1. The van der Waals surface area contributed by atoms with Crippen LogP contribution in [0.4, 0.5) is 17.2 Å². The van der Waals surface area contributed by atoms with Gasteiger partial charge in [-0.05, 0) is 35.4 Å². The molecule has 3 rings (SSSR count). The van der Waals surface area contributed by atoms with Crippen molar-refractivity contribution >= 4 is 23.1 Å². The fourth-order valence-corrected chi connectivity index (χ4v) is 3.20. The average Bonchev–Trinajstić information content (AvgIpc) is 2.88. The Morgan fingerprint density at radius 2 is 2.04 bits per heavy atom. The van der Waals surface area contributed by atoms with Gasteiger partial charge in [0.2, 0.25) is 11.7 Å². The first-order valence-corrected chi connectivity index (χ1v) is 8.19. The van der Waals surface area contributed by atoms with Crippen LogP contribution in [0.1, 0.15) is 19.2 Å². The minimum absolute atomic E-state index is 0.0229. The van der Waals surface area contributed by atoms with Crippen LogP contribution in [0.2, 0.25) is 0 Å². The highest BCUT2D eigenvalue weighted by Crippen LogP contribution is 2.33. The van der Waals surface area contributed by atoms with Gasteiger partial charge in [0.1, 0.15) is 12.7 Å². The Labute approximate surface area is 145 Å². The number of carbonyl (C=O) groups excluding carboxylic acids is 1. The predicted molar refractivity (Wildman–Crippen MR) is 94.9 cm³/mol. The van der Waals surface area contributed by atoms with E-state index in [9.17, 15) is 14.9 Å². The van der Waals surface area contributed by atoms with Crippen LogP contribution in [0, 0.1) is 17.0 Å². The average molecular weight is 343 g/mol. The third-order valence-corrected chi connectivity index (χ3v) is 4.60. The lowest BCUT2D eigenvalue weighted by Crippen LogP contribution is -2.40. The van der Waals surface area contributed by atoms with E-state index >= 15 is 0 Å². The summed E-state index contributed by atoms with van der Waals surface area (Å²) in [5, 5.41) is 10.9. The minimum Gasteiger partial charge on any atom is -0.373 e. The number of amides is 1. The van der Waals surface area contributed by atoms with Gasteiger partial charge in [-0.3, -0.25) is 9.36 Å². The summed E-state index contributed by atoms with van der Waals surface area (Å²) in [6, 6.07) is 7.85. The van der Waals surface area contributed by atoms with Crippen molar-refractivity contribution in [3.8, 4) is 0 Å². The first-order valence-electron chi connectivity index (χ1n) is 8.19. The standard InChI is InChI=1S/C17H21N5O3/c1-12-8-9-19(3)14-6-4-5-7-15(14)21(12)17(23)11-20-10-16(22(24)25)18-13(20)2/h4-7,10,12H,8-9,11H2,1-3H3/t12-/m0/s1. The third kappa shape index (κ3) is 3.19. The Kier molecular flexibility index (Phi) is 4.43. The second-order valence-electron chi connectivity index (χ2n) is 6.34. The molecule has 0 fully saturated rings. The Hall–Kier alpha value is -2.90. The van der Waals surface area contributed by atoms with Crippen LogP contribution in [0.25, 0.3) is 0 Å². The smallest absolute Gasteiger partial charge is 0.373 e. The van der Waals surface area contributed by atoms with Gasteiger partial charge in [-0.25, -0.2) is 0 Å². The normalized spacial score (nSPS) is 17.2. The number of nitrogens with zero attached hydrogens (tertiary/aromatic N) is 5. The number of benzene rings is 1. The lowest BCUT2D eigenvalue weighted by atomic mass is 10.1. The number of carbonyl (C=O) groups is 1. The van der Waals surface area contributed by atoms with E-state index in [1.807, 2.05) is 38.2 Å². The molecule has 8 heteroatoms. The zero-order valence-corrected chi connectivity index (χ0v) is 14.5. The van der Waals surface area contributed by atoms with Crippen molar-refractivity contribution in [1.29, 1.82) is 0 Å². The first kappa shape index (κ1) is 16.9. The molecule has 2 heterocycles. The van der Waals surface area contributed by atoms with Crippen LogP contribution in [0.3, 0.4) is 0 Å². The summed E-state index contributed by atoms with van der Waals surface area (Å²) in [7, 11) is 2.02. The molecule has 0 unspecified atom stereocenters. The topological polar surface area (TPSA) is 84.5 Å². The molecular formula is C17H21N5O3. The van der Waals surface area contributed by atoms with Gasteiger partial charge in [-0.1, -0.05) is 12.1 Å². The molecule has 1 aromatic carbocycles. The number of hydrogen-bond acceptors (Lipinski definition) is 5. The zero-order chi connectivity index (χ0) is 18.1. The van der Waals surface area contributed by atoms with Crippen molar-refractivity contribution in [2.75, 3.05) is 23.4 Å². The molecule has 1 atom stereocenters. The molecule has 1 aromatic heterocycles. The number of anilines is 2. The summed E-state index contributed by atoms with van der Waals surface area (Å²) in [5.41, 5.74) is 1.88. The van der Waals surface area contributed by atoms with Gasteiger partial charge in [-0.2, -0.15) is 0 Å². The van der Waals surface area contributed by atoms with Crippen LogP contribution in [0.5, 0.6) is 0 Å². The third-order valence-electron chi connectivity index (χ3n) is 4.60. The second-order valence-corrected chi connectivity index (χ2v) is 6.34. The van der Waals surface area contributed by atoms with Crippen molar-refractivity contribution in [2.45, 2.75) is 32.9 Å². The summed E-state index contributed by atoms with van der Waals surface area (Å²) >= 11 is 0. The molecule has 0 aliphatic carbocycles. The molecule has 1 amide bonds. The van der Waals surface area contributed by atoms with E-state index in [0.717, 1.165) is 24.3 Å². The van der Waals surface area contributed by atoms with E-state index in [1.165, 1.54) is 10.8 Å². The molecule has 132 valence electrons. The van der Waals surface area contributed by atoms with E-state index in [4.69, 9.17) is 0 Å². The second kappa shape index (κ2) is 6.54. The van der Waals surface area contributed by atoms with E-state index in [2.05, 4.69) is 9.88 Å². The lowest BCUT2D eigenvalue weighted by molar-refractivity contribution is -0.389. The number of imidazole rings is 1. The number of hydrogen-bond donors (Lipinski definition) is 0. The summed E-state index contributed by atoms with van der Waals surface area (Å²) < 4.78 is 1.53. The quantitative estimate of drug-likeness (QED) is 0.631. The number of rotatable bonds is 3. The monoisotopic (exact) mass is 343 g/mol. The molecule has 2 aromatic rings. The van der Waals surface area contributed by atoms with Gasteiger partial charge >= 0.3 is 5.82 Å². The fraction of sp³-hybridized carbons (Fsp3) is 0.412. The maximum atomic E-state index is 13.0. The Morgan fingerprint density at radius 1 is 1.36 bits per heavy atom. The van der Waals surface area contributed by atoms with Crippen molar-refractivity contribution in [1.82, 2.24) is 9.55 Å². The maximum absolute atomic E-state index is 13.0. The molecule has 1 aliphatic rings. The van der Waals surface area contributed by atoms with Crippen LogP contribution in [-0.2, 0) is 11.3 Å². The molecule has 0 spiro atoms. The summed E-state index contributed by atoms with van der Waals surface area (Å²) in [4.78, 5) is 31.2. The van der Waals surface area contributed by atoms with Crippen LogP contribution >= 0.6 is 0 Å². The summed E-state index contributed by atoms with van der Waals surface area (Å²) in [6.07, 6.45) is 2.16. The Bertz CT molecular complexity index is 816. The fourth-order valence-electron chi connectivity index (χ4n) is 3.20. The number of para-hydroxylation sites is 2. The molecule has 0 saturated heterocycles. The van der Waals surface area contributed by atoms with E-state index in [-0.39, 0.29) is 24.3 Å².